The van der Waals surface area contributed by atoms with Crippen molar-refractivity contribution < 1.29 is 32.2 Å². The molecule has 184 valence electrons. The van der Waals surface area contributed by atoms with Crippen LogP contribution < -0.4 is 18.9 Å². The van der Waals surface area contributed by atoms with Crippen molar-refractivity contribution in [3.8, 4) is 23.0 Å². The monoisotopic (exact) mass is 490 g/mol. The van der Waals surface area contributed by atoms with E-state index in [1.54, 1.807) is 30.2 Å². The molecule has 0 bridgehead atoms. The van der Waals surface area contributed by atoms with Gasteiger partial charge in [-0.2, -0.15) is 4.31 Å². The number of nitrogens with zero attached hydrogens (tertiary/aromatic N) is 2. The molecule has 0 atom stereocenters. The zero-order chi connectivity index (χ0) is 24.7. The number of hydrogen-bond donors (Lipinski definition) is 0. The number of carbonyl (C=O) groups excluding carboxylic acids is 1. The molecule has 1 aliphatic heterocycles. The fourth-order valence-electron chi connectivity index (χ4n) is 3.63. The summed E-state index contributed by atoms with van der Waals surface area (Å²) < 4.78 is 49.2. The minimum Gasteiger partial charge on any atom is -0.497 e. The molecule has 1 heterocycles. The van der Waals surface area contributed by atoms with E-state index in [1.807, 2.05) is 31.2 Å². The van der Waals surface area contributed by atoms with E-state index in [2.05, 4.69) is 0 Å². The van der Waals surface area contributed by atoms with Crippen LogP contribution >= 0.6 is 0 Å². The maximum absolute atomic E-state index is 13.2. The van der Waals surface area contributed by atoms with Crippen LogP contribution in [0.1, 0.15) is 12.5 Å². The summed E-state index contributed by atoms with van der Waals surface area (Å²) in [4.78, 5) is 14.3. The second-order valence-corrected chi connectivity index (χ2v) is 9.41. The number of piperazine rings is 1. The Kier molecular flexibility index (Phi) is 8.41. The minimum atomic E-state index is -3.82. The first kappa shape index (κ1) is 25.4. The minimum absolute atomic E-state index is 0.0333. The quantitative estimate of drug-likeness (QED) is 0.533. The first-order valence-electron chi connectivity index (χ1n) is 10.8. The van der Waals surface area contributed by atoms with Crippen LogP contribution in [0.5, 0.6) is 23.0 Å². The van der Waals surface area contributed by atoms with Crippen molar-refractivity contribution in [2.45, 2.75) is 11.8 Å². The van der Waals surface area contributed by atoms with Crippen LogP contribution in [-0.4, -0.2) is 77.6 Å². The van der Waals surface area contributed by atoms with Gasteiger partial charge in [-0.1, -0.05) is 18.2 Å². The fraction of sp³-hybridized carbons (Fsp3) is 0.375. The maximum Gasteiger partial charge on any atom is 0.260 e. The number of methoxy groups -OCH3 is 3. The van der Waals surface area contributed by atoms with Gasteiger partial charge in [-0.25, -0.2) is 8.42 Å². The topological polar surface area (TPSA) is 94.6 Å². The number of carbonyl (C=O) groups is 1. The fourth-order valence-corrected chi connectivity index (χ4v) is 5.23. The summed E-state index contributed by atoms with van der Waals surface area (Å²) in [6.45, 7) is 2.59. The van der Waals surface area contributed by atoms with Crippen LogP contribution in [0, 0.1) is 0 Å². The van der Waals surface area contributed by atoms with E-state index < -0.39 is 10.0 Å². The van der Waals surface area contributed by atoms with Crippen LogP contribution in [-0.2, 0) is 14.8 Å². The zero-order valence-electron chi connectivity index (χ0n) is 19.8. The van der Waals surface area contributed by atoms with Crippen molar-refractivity contribution >= 4 is 22.0 Å². The molecule has 9 nitrogen and oxygen atoms in total. The summed E-state index contributed by atoms with van der Waals surface area (Å²) in [5.41, 5.74) is 0.961. The predicted octanol–water partition coefficient (Wildman–Crippen LogP) is 2.66. The third kappa shape index (κ3) is 5.63. The number of hydrogen-bond acceptors (Lipinski definition) is 7. The molecule has 2 aromatic carbocycles. The van der Waals surface area contributed by atoms with Crippen molar-refractivity contribution in [2.24, 2.45) is 0 Å². The molecule has 0 unspecified atom stereocenters. The molecule has 1 aliphatic rings. The van der Waals surface area contributed by atoms with Crippen molar-refractivity contribution in [1.29, 1.82) is 0 Å². The average Bonchev–Trinajstić information content (AvgIpc) is 2.87. The van der Waals surface area contributed by atoms with Crippen LogP contribution in [0.15, 0.2) is 47.4 Å². The molecule has 0 aliphatic carbocycles. The Bertz CT molecular complexity index is 1140. The molecule has 0 N–H and O–H groups in total. The van der Waals surface area contributed by atoms with E-state index >= 15 is 0 Å². The number of benzene rings is 2. The number of sulfonamides is 1. The lowest BCUT2D eigenvalue weighted by atomic mass is 10.2. The van der Waals surface area contributed by atoms with Gasteiger partial charge in [0, 0.05) is 32.2 Å². The highest BCUT2D eigenvalue weighted by atomic mass is 32.2. The normalized spacial score (nSPS) is 14.8. The summed E-state index contributed by atoms with van der Waals surface area (Å²) in [5, 5.41) is 0. The highest BCUT2D eigenvalue weighted by Gasteiger charge is 2.32. The predicted molar refractivity (Wildman–Crippen MR) is 128 cm³/mol. The van der Waals surface area contributed by atoms with E-state index in [0.29, 0.717) is 17.2 Å². The lowest BCUT2D eigenvalue weighted by Gasteiger charge is -2.34. The van der Waals surface area contributed by atoms with E-state index in [9.17, 15) is 13.2 Å². The van der Waals surface area contributed by atoms with Gasteiger partial charge in [0.2, 0.25) is 10.0 Å². The van der Waals surface area contributed by atoms with Gasteiger partial charge in [0.05, 0.1) is 21.3 Å². The first-order valence-corrected chi connectivity index (χ1v) is 12.2. The van der Waals surface area contributed by atoms with Crippen molar-refractivity contribution in [3.63, 3.8) is 0 Å². The molecule has 0 radical (unpaired) electrons. The van der Waals surface area contributed by atoms with E-state index in [-0.39, 0.29) is 49.3 Å². The Hall–Kier alpha value is -3.24. The molecule has 34 heavy (non-hydrogen) atoms. The summed E-state index contributed by atoms with van der Waals surface area (Å²) in [7, 11) is 0.606. The second kappa shape index (κ2) is 11.3. The lowest BCUT2D eigenvalue weighted by Crippen LogP contribution is -2.51. The molecule has 2 aromatic rings. The van der Waals surface area contributed by atoms with E-state index in [4.69, 9.17) is 18.9 Å². The van der Waals surface area contributed by atoms with Crippen LogP contribution in [0.3, 0.4) is 0 Å². The standard InChI is InChI=1S/C24H30N2O7S/c1-5-6-18-7-9-20(22(15-18)32-4)33-17-24(27)25-11-13-26(14-12-25)34(28,29)23-16-19(30-2)8-10-21(23)31-3/h5-10,15-16H,11-14,17H2,1-4H3. The largest absolute Gasteiger partial charge is 0.497 e. The maximum atomic E-state index is 13.2. The molecule has 1 fully saturated rings. The van der Waals surface area contributed by atoms with Gasteiger partial charge in [-0.15, -0.1) is 0 Å². The first-order chi connectivity index (χ1) is 16.3. The number of rotatable bonds is 9. The second-order valence-electron chi connectivity index (χ2n) is 7.50. The van der Waals surface area contributed by atoms with Crippen LogP contribution in [0.4, 0.5) is 0 Å². The Morgan fingerprint density at radius 2 is 1.59 bits per heavy atom. The van der Waals surface area contributed by atoms with E-state index in [1.165, 1.54) is 24.6 Å². The molecular weight excluding hydrogens is 460 g/mol. The van der Waals surface area contributed by atoms with Gasteiger partial charge in [0.15, 0.2) is 18.1 Å². The van der Waals surface area contributed by atoms with Crippen molar-refractivity contribution in [2.75, 3.05) is 54.1 Å². The summed E-state index contributed by atoms with van der Waals surface area (Å²) >= 11 is 0. The molecule has 0 aromatic heterocycles. The van der Waals surface area contributed by atoms with Crippen LogP contribution in [0.25, 0.3) is 6.08 Å². The molecule has 1 saturated heterocycles. The van der Waals surface area contributed by atoms with Crippen LogP contribution in [0.2, 0.25) is 0 Å². The average molecular weight is 491 g/mol. The third-order valence-corrected chi connectivity index (χ3v) is 7.40. The third-order valence-electron chi connectivity index (χ3n) is 5.48. The highest BCUT2D eigenvalue weighted by molar-refractivity contribution is 7.89. The van der Waals surface area contributed by atoms with Gasteiger partial charge in [0.25, 0.3) is 5.91 Å². The van der Waals surface area contributed by atoms with Gasteiger partial charge < -0.3 is 23.8 Å². The smallest absolute Gasteiger partial charge is 0.260 e. The van der Waals surface area contributed by atoms with Crippen molar-refractivity contribution in [3.05, 3.63) is 48.0 Å². The Morgan fingerprint density at radius 3 is 2.21 bits per heavy atom. The SMILES string of the molecule is CC=Cc1ccc(OCC(=O)N2CCN(S(=O)(=O)c3cc(OC)ccc3OC)CC2)c(OC)c1. The number of amides is 1. The molecule has 1 amide bonds. The Labute approximate surface area is 200 Å². The lowest BCUT2D eigenvalue weighted by molar-refractivity contribution is -0.134. The Morgan fingerprint density at radius 1 is 0.912 bits per heavy atom. The van der Waals surface area contributed by atoms with Gasteiger partial charge in [-0.05, 0) is 36.8 Å². The van der Waals surface area contributed by atoms with E-state index in [0.717, 1.165) is 5.56 Å². The molecule has 0 spiro atoms. The van der Waals surface area contributed by atoms with Gasteiger partial charge in [-0.3, -0.25) is 4.79 Å². The summed E-state index contributed by atoms with van der Waals surface area (Å²) in [6, 6.07) is 10.1. The Balaban J connectivity index is 1.62. The number of allylic oxidation sites excluding steroid dienone is 1. The molecule has 10 heteroatoms. The molecular formula is C24H30N2O7S. The van der Waals surface area contributed by atoms with Crippen molar-refractivity contribution in [1.82, 2.24) is 9.21 Å². The molecule has 0 saturated carbocycles. The van der Waals surface area contributed by atoms with Gasteiger partial charge in [0.1, 0.15) is 16.4 Å². The summed E-state index contributed by atoms with van der Waals surface area (Å²) in [6.07, 6.45) is 3.86. The van der Waals surface area contributed by atoms with Gasteiger partial charge >= 0.3 is 0 Å². The highest BCUT2D eigenvalue weighted by Crippen LogP contribution is 2.31. The zero-order valence-corrected chi connectivity index (χ0v) is 20.6. The summed E-state index contributed by atoms with van der Waals surface area (Å²) in [5.74, 6) is 1.43. The molecule has 3 rings (SSSR count). The number of ether oxygens (including phenoxy) is 4.